The molecule has 0 aliphatic carbocycles. The monoisotopic (exact) mass is 297 g/mol. The number of nitrogens with zero attached hydrogens (tertiary/aromatic N) is 2. The minimum atomic E-state index is -4.42. The topological polar surface area (TPSA) is 39.1 Å². The van der Waals surface area contributed by atoms with Gasteiger partial charge in [0.15, 0.2) is 0 Å². The Hall–Kier alpha value is -1.74. The molecule has 3 nitrogen and oxygen atoms in total. The molecule has 114 valence electrons. The third kappa shape index (κ3) is 3.48. The van der Waals surface area contributed by atoms with Crippen molar-refractivity contribution < 1.29 is 13.2 Å². The first-order valence-electron chi connectivity index (χ1n) is 7.00. The summed E-state index contributed by atoms with van der Waals surface area (Å²) < 4.78 is 38.2. The fourth-order valence-corrected chi connectivity index (χ4v) is 2.82. The van der Waals surface area contributed by atoms with Crippen LogP contribution >= 0.6 is 0 Å². The predicted octanol–water partition coefficient (Wildman–Crippen LogP) is 3.16. The van der Waals surface area contributed by atoms with Crippen LogP contribution in [-0.4, -0.2) is 26.2 Å². The van der Waals surface area contributed by atoms with Crippen molar-refractivity contribution in [3.8, 4) is 6.07 Å². The average molecular weight is 297 g/mol. The number of hydrogen-bond donors (Lipinski definition) is 1. The minimum absolute atomic E-state index is 0.0906. The molecular weight excluding hydrogens is 279 g/mol. The molecular formula is C15H18F3N3. The van der Waals surface area contributed by atoms with Crippen LogP contribution in [0.1, 0.15) is 30.4 Å². The molecule has 1 saturated heterocycles. The quantitative estimate of drug-likeness (QED) is 0.931. The molecule has 6 heteroatoms. The zero-order valence-electron chi connectivity index (χ0n) is 11.9. The number of rotatable bonds is 3. The normalized spacial score (nSPS) is 19.4. The Bertz CT molecular complexity index is 532. The van der Waals surface area contributed by atoms with Gasteiger partial charge < -0.3 is 10.2 Å². The van der Waals surface area contributed by atoms with Crippen molar-refractivity contribution in [3.63, 3.8) is 0 Å². The molecule has 0 amide bonds. The van der Waals surface area contributed by atoms with Crippen LogP contribution in [-0.2, 0) is 6.18 Å². The summed E-state index contributed by atoms with van der Waals surface area (Å²) in [5, 5.41) is 12.3. The number of anilines is 1. The highest BCUT2D eigenvalue weighted by Crippen LogP contribution is 2.34. The number of halogens is 3. The lowest BCUT2D eigenvalue weighted by molar-refractivity contribution is -0.137. The molecule has 1 aliphatic heterocycles. The highest BCUT2D eigenvalue weighted by Gasteiger charge is 2.32. The van der Waals surface area contributed by atoms with Crippen LogP contribution in [0, 0.1) is 11.3 Å². The van der Waals surface area contributed by atoms with E-state index in [2.05, 4.69) is 10.2 Å². The van der Waals surface area contributed by atoms with Gasteiger partial charge in [0.25, 0.3) is 0 Å². The summed E-state index contributed by atoms with van der Waals surface area (Å²) in [7, 11) is 1.85. The van der Waals surface area contributed by atoms with Crippen molar-refractivity contribution in [2.75, 3.05) is 25.0 Å². The second-order valence-electron chi connectivity index (χ2n) is 5.24. The van der Waals surface area contributed by atoms with Crippen LogP contribution < -0.4 is 10.2 Å². The molecule has 0 bridgehead atoms. The van der Waals surface area contributed by atoms with Crippen molar-refractivity contribution in [2.24, 2.45) is 0 Å². The Morgan fingerprint density at radius 2 is 2.14 bits per heavy atom. The molecule has 1 atom stereocenters. The first-order chi connectivity index (χ1) is 9.97. The average Bonchev–Trinajstić information content (AvgIpc) is 2.46. The van der Waals surface area contributed by atoms with Gasteiger partial charge in [0.2, 0.25) is 0 Å². The summed E-state index contributed by atoms with van der Waals surface area (Å²) >= 11 is 0. The van der Waals surface area contributed by atoms with E-state index in [9.17, 15) is 18.4 Å². The number of nitriles is 1. The summed E-state index contributed by atoms with van der Waals surface area (Å²) in [6.07, 6.45) is -1.35. The Labute approximate surface area is 122 Å². The van der Waals surface area contributed by atoms with E-state index in [4.69, 9.17) is 0 Å². The first-order valence-corrected chi connectivity index (χ1v) is 7.00. The number of nitrogens with one attached hydrogen (secondary N) is 1. The van der Waals surface area contributed by atoms with E-state index in [1.54, 1.807) is 0 Å². The molecule has 1 unspecified atom stereocenters. The van der Waals surface area contributed by atoms with Crippen LogP contribution in [0.25, 0.3) is 0 Å². The van der Waals surface area contributed by atoms with Gasteiger partial charge in [0.05, 0.1) is 16.8 Å². The third-order valence-electron chi connectivity index (χ3n) is 3.82. The highest BCUT2D eigenvalue weighted by molar-refractivity contribution is 5.61. The summed E-state index contributed by atoms with van der Waals surface area (Å²) in [6, 6.07) is 5.55. The fourth-order valence-electron chi connectivity index (χ4n) is 2.82. The van der Waals surface area contributed by atoms with Gasteiger partial charge in [-0.05, 0) is 44.5 Å². The van der Waals surface area contributed by atoms with Gasteiger partial charge in [0, 0.05) is 19.1 Å². The molecule has 2 rings (SSSR count). The van der Waals surface area contributed by atoms with Crippen molar-refractivity contribution in [1.29, 1.82) is 5.26 Å². The minimum Gasteiger partial charge on any atom is -0.366 e. The smallest absolute Gasteiger partial charge is 0.366 e. The Balaban J connectivity index is 2.36. The second-order valence-corrected chi connectivity index (χ2v) is 5.24. The maximum atomic E-state index is 12.7. The van der Waals surface area contributed by atoms with Crippen molar-refractivity contribution in [2.45, 2.75) is 31.5 Å². The van der Waals surface area contributed by atoms with Gasteiger partial charge in [-0.1, -0.05) is 0 Å². The van der Waals surface area contributed by atoms with E-state index in [0.717, 1.165) is 44.5 Å². The Morgan fingerprint density at radius 3 is 2.76 bits per heavy atom. The number of piperidine rings is 1. The first kappa shape index (κ1) is 15.6. The molecule has 1 heterocycles. The number of likely N-dealkylation sites (N-methyl/N-ethyl adjacent to an activating group) is 1. The summed E-state index contributed by atoms with van der Waals surface area (Å²) in [4.78, 5) is 2.05. The zero-order chi connectivity index (χ0) is 15.5. The van der Waals surface area contributed by atoms with Crippen molar-refractivity contribution in [3.05, 3.63) is 29.3 Å². The molecule has 1 N–H and O–H groups in total. The van der Waals surface area contributed by atoms with Gasteiger partial charge in [-0.2, -0.15) is 18.4 Å². The van der Waals surface area contributed by atoms with Gasteiger partial charge in [-0.3, -0.25) is 0 Å². The van der Waals surface area contributed by atoms with Crippen molar-refractivity contribution >= 4 is 5.69 Å². The maximum absolute atomic E-state index is 12.7. The van der Waals surface area contributed by atoms with Crippen LogP contribution in [0.4, 0.5) is 18.9 Å². The number of benzene rings is 1. The van der Waals surface area contributed by atoms with Gasteiger partial charge >= 0.3 is 6.18 Å². The second kappa shape index (κ2) is 6.35. The lowest BCUT2D eigenvalue weighted by Crippen LogP contribution is -2.45. The molecule has 1 fully saturated rings. The lowest BCUT2D eigenvalue weighted by Gasteiger charge is -2.38. The van der Waals surface area contributed by atoms with Gasteiger partial charge in [0.1, 0.15) is 6.07 Å². The van der Waals surface area contributed by atoms with Crippen LogP contribution in [0.15, 0.2) is 18.2 Å². The van der Waals surface area contributed by atoms with Crippen LogP contribution in [0.3, 0.4) is 0 Å². The van der Waals surface area contributed by atoms with Gasteiger partial charge in [-0.15, -0.1) is 0 Å². The molecule has 0 radical (unpaired) electrons. The SMILES string of the molecule is CNCC1CCCCN1c1ccc(C(F)(F)F)cc1C#N. The standard InChI is InChI=1S/C15H18F3N3/c1-20-10-13-4-2-3-7-21(13)14-6-5-12(15(16,17)18)8-11(14)9-19/h5-6,8,13,20H,2-4,7,10H2,1H3. The highest BCUT2D eigenvalue weighted by atomic mass is 19.4. The number of hydrogen-bond acceptors (Lipinski definition) is 3. The van der Waals surface area contributed by atoms with Crippen LogP contribution in [0.5, 0.6) is 0 Å². The van der Waals surface area contributed by atoms with E-state index >= 15 is 0 Å². The van der Waals surface area contributed by atoms with E-state index in [-0.39, 0.29) is 11.6 Å². The van der Waals surface area contributed by atoms with E-state index in [1.807, 2.05) is 13.1 Å². The van der Waals surface area contributed by atoms with E-state index < -0.39 is 11.7 Å². The molecule has 1 aliphatic rings. The Morgan fingerprint density at radius 1 is 1.38 bits per heavy atom. The Kier molecular flexibility index (Phi) is 4.73. The predicted molar refractivity (Wildman–Crippen MR) is 75.1 cm³/mol. The van der Waals surface area contributed by atoms with Gasteiger partial charge in [-0.25, -0.2) is 0 Å². The molecule has 0 spiro atoms. The molecule has 1 aromatic carbocycles. The molecule has 0 saturated carbocycles. The fraction of sp³-hybridized carbons (Fsp3) is 0.533. The van der Waals surface area contributed by atoms with Crippen molar-refractivity contribution in [1.82, 2.24) is 5.32 Å². The molecule has 1 aromatic rings. The summed E-state index contributed by atoms with van der Waals surface area (Å²) in [5.74, 6) is 0. The molecule has 0 aromatic heterocycles. The van der Waals surface area contributed by atoms with Crippen LogP contribution in [0.2, 0.25) is 0 Å². The largest absolute Gasteiger partial charge is 0.416 e. The zero-order valence-corrected chi connectivity index (χ0v) is 11.9. The van der Waals surface area contributed by atoms with E-state index in [0.29, 0.717) is 5.69 Å². The maximum Gasteiger partial charge on any atom is 0.416 e. The number of alkyl halides is 3. The van der Waals surface area contributed by atoms with E-state index in [1.165, 1.54) is 6.07 Å². The molecule has 21 heavy (non-hydrogen) atoms. The third-order valence-corrected chi connectivity index (χ3v) is 3.82. The summed E-state index contributed by atoms with van der Waals surface area (Å²) in [5.41, 5.74) is -0.0803. The summed E-state index contributed by atoms with van der Waals surface area (Å²) in [6.45, 7) is 1.53. The lowest BCUT2D eigenvalue weighted by atomic mass is 9.99.